The van der Waals surface area contributed by atoms with Crippen LogP contribution in [0, 0.1) is 0 Å². The topological polar surface area (TPSA) is 30.2 Å². The summed E-state index contributed by atoms with van der Waals surface area (Å²) in [5.74, 6) is 0. The monoisotopic (exact) mass is 301 g/mol. The summed E-state index contributed by atoms with van der Waals surface area (Å²) in [5.41, 5.74) is 2.81. The third-order valence-electron chi connectivity index (χ3n) is 2.91. The van der Waals surface area contributed by atoms with Crippen LogP contribution in [0.5, 0.6) is 0 Å². The van der Waals surface area contributed by atoms with Gasteiger partial charge in [0.2, 0.25) is 0 Å². The van der Waals surface area contributed by atoms with E-state index in [1.807, 2.05) is 59.5 Å². The molecule has 0 saturated carbocycles. The molecule has 0 bridgehead atoms. The lowest BCUT2D eigenvalue weighted by molar-refractivity contribution is 0.794. The molecule has 0 aliphatic rings. The van der Waals surface area contributed by atoms with Gasteiger partial charge in [-0.1, -0.05) is 53.7 Å². The fraction of sp³-hybridized carbons (Fsp3) is 0.0667. The maximum atomic E-state index is 6.13. The first-order valence-corrected chi connectivity index (χ1v) is 7.70. The first-order chi connectivity index (χ1) is 9.79. The van der Waals surface area contributed by atoms with E-state index in [4.69, 9.17) is 11.6 Å². The normalized spacial score (nSPS) is 11.5. The molecular formula is C15H12ClN3S. The van der Waals surface area contributed by atoms with E-state index in [-0.39, 0.29) is 0 Å². The van der Waals surface area contributed by atoms with Gasteiger partial charge in [0.25, 0.3) is 0 Å². The van der Waals surface area contributed by atoms with E-state index in [2.05, 4.69) is 10.1 Å². The molecular weight excluding hydrogens is 290 g/mol. The zero-order chi connectivity index (χ0) is 13.9. The van der Waals surface area contributed by atoms with Gasteiger partial charge in [0.1, 0.15) is 0 Å². The fourth-order valence-electron chi connectivity index (χ4n) is 1.93. The molecule has 0 radical (unpaired) electrons. The first kappa shape index (κ1) is 13.2. The van der Waals surface area contributed by atoms with Gasteiger partial charge in [-0.15, -0.1) is 0 Å². The third-order valence-corrected chi connectivity index (χ3v) is 3.88. The molecule has 0 fully saturated rings. The Balaban J connectivity index is 2.08. The zero-order valence-corrected chi connectivity index (χ0v) is 12.4. The second kappa shape index (κ2) is 5.69. The number of fused-ring (bicyclic) bond motifs is 1. The lowest BCUT2D eigenvalue weighted by atomic mass is 10.2. The minimum atomic E-state index is 0.686. The Labute approximate surface area is 126 Å². The summed E-state index contributed by atoms with van der Waals surface area (Å²) < 4.78 is 1.84. The number of thioether (sulfide) groups is 1. The van der Waals surface area contributed by atoms with Gasteiger partial charge in [0, 0.05) is 10.6 Å². The summed E-state index contributed by atoms with van der Waals surface area (Å²) in [6.45, 7) is 0. The summed E-state index contributed by atoms with van der Waals surface area (Å²) in [6.07, 6.45) is 3.75. The third kappa shape index (κ3) is 2.44. The number of halogens is 1. The second-order valence-electron chi connectivity index (χ2n) is 4.17. The van der Waals surface area contributed by atoms with Crippen molar-refractivity contribution in [3.8, 4) is 0 Å². The van der Waals surface area contributed by atoms with Gasteiger partial charge >= 0.3 is 0 Å². The SMILES string of the molecule is CSc1nc2ccccc2n1N=Cc1ccccc1Cl. The smallest absolute Gasteiger partial charge is 0.189 e. The number of aromatic nitrogens is 2. The molecule has 100 valence electrons. The number of hydrogen-bond donors (Lipinski definition) is 0. The maximum Gasteiger partial charge on any atom is 0.189 e. The van der Waals surface area contributed by atoms with Gasteiger partial charge in [0.05, 0.1) is 17.2 Å². The van der Waals surface area contributed by atoms with Crippen molar-refractivity contribution >= 4 is 40.6 Å². The Bertz CT molecular complexity index is 780. The first-order valence-electron chi connectivity index (χ1n) is 6.10. The molecule has 0 N–H and O–H groups in total. The minimum absolute atomic E-state index is 0.686. The molecule has 0 aliphatic carbocycles. The Hall–Kier alpha value is -1.78. The molecule has 0 saturated heterocycles. The number of hydrogen-bond acceptors (Lipinski definition) is 3. The molecule has 0 aliphatic heterocycles. The average molecular weight is 302 g/mol. The van der Waals surface area contributed by atoms with E-state index in [0.717, 1.165) is 21.8 Å². The largest absolute Gasteiger partial charge is 0.221 e. The van der Waals surface area contributed by atoms with E-state index in [0.29, 0.717) is 5.02 Å². The average Bonchev–Trinajstić information content (AvgIpc) is 2.84. The number of nitrogens with zero attached hydrogens (tertiary/aromatic N) is 3. The van der Waals surface area contributed by atoms with E-state index in [1.54, 1.807) is 18.0 Å². The Morgan fingerprint density at radius 3 is 2.70 bits per heavy atom. The minimum Gasteiger partial charge on any atom is -0.221 e. The van der Waals surface area contributed by atoms with Crippen LogP contribution < -0.4 is 0 Å². The number of imidazole rings is 1. The highest BCUT2D eigenvalue weighted by Gasteiger charge is 2.08. The number of benzene rings is 2. The Kier molecular flexibility index (Phi) is 3.76. The van der Waals surface area contributed by atoms with Crippen LogP contribution in [0.15, 0.2) is 58.8 Å². The molecule has 20 heavy (non-hydrogen) atoms. The van der Waals surface area contributed by atoms with E-state index >= 15 is 0 Å². The predicted molar refractivity (Wildman–Crippen MR) is 86.0 cm³/mol. The van der Waals surface area contributed by atoms with Crippen molar-refractivity contribution in [3.63, 3.8) is 0 Å². The molecule has 0 spiro atoms. The van der Waals surface area contributed by atoms with Gasteiger partial charge in [-0.2, -0.15) is 5.10 Å². The van der Waals surface area contributed by atoms with Gasteiger partial charge in [-0.25, -0.2) is 9.66 Å². The molecule has 3 rings (SSSR count). The summed E-state index contributed by atoms with van der Waals surface area (Å²) in [4.78, 5) is 4.55. The fourth-order valence-corrected chi connectivity index (χ4v) is 2.63. The molecule has 0 atom stereocenters. The van der Waals surface area contributed by atoms with E-state index in [1.165, 1.54) is 0 Å². The van der Waals surface area contributed by atoms with Crippen molar-refractivity contribution in [2.24, 2.45) is 5.10 Å². The zero-order valence-electron chi connectivity index (χ0n) is 10.8. The Morgan fingerprint density at radius 2 is 1.90 bits per heavy atom. The maximum absolute atomic E-state index is 6.13. The molecule has 2 aromatic carbocycles. The van der Waals surface area contributed by atoms with Crippen LogP contribution in [0.2, 0.25) is 5.02 Å². The van der Waals surface area contributed by atoms with Crippen molar-refractivity contribution < 1.29 is 0 Å². The van der Waals surface area contributed by atoms with Crippen molar-refractivity contribution in [2.75, 3.05) is 6.26 Å². The molecule has 3 nitrogen and oxygen atoms in total. The highest BCUT2D eigenvalue weighted by Crippen LogP contribution is 2.22. The van der Waals surface area contributed by atoms with Crippen molar-refractivity contribution in [3.05, 3.63) is 59.1 Å². The van der Waals surface area contributed by atoms with Gasteiger partial charge in [0.15, 0.2) is 5.16 Å². The molecule has 5 heteroatoms. The van der Waals surface area contributed by atoms with E-state index < -0.39 is 0 Å². The Morgan fingerprint density at radius 1 is 1.15 bits per heavy atom. The standard InChI is InChI=1S/C15H12ClN3S/c1-20-15-18-13-8-4-5-9-14(13)19(15)17-10-11-6-2-3-7-12(11)16/h2-10H,1H3. The van der Waals surface area contributed by atoms with Crippen LogP contribution in [0.1, 0.15) is 5.56 Å². The lowest BCUT2D eigenvalue weighted by Gasteiger charge is -2.00. The highest BCUT2D eigenvalue weighted by atomic mass is 35.5. The van der Waals surface area contributed by atoms with Crippen molar-refractivity contribution in [1.82, 2.24) is 9.66 Å². The van der Waals surface area contributed by atoms with Crippen LogP contribution in [-0.2, 0) is 0 Å². The van der Waals surface area contributed by atoms with Crippen LogP contribution in [0.4, 0.5) is 0 Å². The van der Waals surface area contributed by atoms with Crippen LogP contribution >= 0.6 is 23.4 Å². The van der Waals surface area contributed by atoms with Gasteiger partial charge < -0.3 is 0 Å². The predicted octanol–water partition coefficient (Wildman–Crippen LogP) is 4.29. The number of para-hydroxylation sites is 2. The van der Waals surface area contributed by atoms with Crippen LogP contribution in [0.3, 0.4) is 0 Å². The molecule has 3 aromatic rings. The van der Waals surface area contributed by atoms with Gasteiger partial charge in [-0.3, -0.25) is 0 Å². The van der Waals surface area contributed by atoms with Crippen LogP contribution in [0.25, 0.3) is 11.0 Å². The molecule has 0 amide bonds. The van der Waals surface area contributed by atoms with Crippen molar-refractivity contribution in [2.45, 2.75) is 5.16 Å². The highest BCUT2D eigenvalue weighted by molar-refractivity contribution is 7.98. The summed E-state index contributed by atoms with van der Waals surface area (Å²) >= 11 is 7.70. The van der Waals surface area contributed by atoms with Gasteiger partial charge in [-0.05, 0) is 24.5 Å². The van der Waals surface area contributed by atoms with E-state index in [9.17, 15) is 0 Å². The summed E-state index contributed by atoms with van der Waals surface area (Å²) in [5, 5.41) is 6.06. The quantitative estimate of drug-likeness (QED) is 0.533. The van der Waals surface area contributed by atoms with Crippen molar-refractivity contribution in [1.29, 1.82) is 0 Å². The van der Waals surface area contributed by atoms with Crippen LogP contribution in [-0.4, -0.2) is 22.1 Å². The number of rotatable bonds is 3. The second-order valence-corrected chi connectivity index (χ2v) is 5.35. The summed E-state index contributed by atoms with van der Waals surface area (Å²) in [7, 11) is 0. The molecule has 1 heterocycles. The lowest BCUT2D eigenvalue weighted by Crippen LogP contribution is -1.93. The molecule has 0 unspecified atom stereocenters. The molecule has 1 aromatic heterocycles. The summed E-state index contributed by atoms with van der Waals surface area (Å²) in [6, 6.07) is 15.6.